The van der Waals surface area contributed by atoms with Gasteiger partial charge < -0.3 is 4.74 Å². The van der Waals surface area contributed by atoms with E-state index >= 15 is 0 Å². The monoisotopic (exact) mass is 301 g/mol. The number of aromatic nitrogens is 1. The van der Waals surface area contributed by atoms with Crippen LogP contribution in [-0.2, 0) is 9.53 Å². The highest BCUT2D eigenvalue weighted by molar-refractivity contribution is 5.99. The average Bonchev–Trinajstić information content (AvgIpc) is 2.56. The van der Waals surface area contributed by atoms with Gasteiger partial charge in [0.1, 0.15) is 11.5 Å². The van der Waals surface area contributed by atoms with Crippen LogP contribution in [0.4, 0.5) is 4.39 Å². The van der Waals surface area contributed by atoms with E-state index in [1.807, 2.05) is 0 Å². The van der Waals surface area contributed by atoms with Crippen molar-refractivity contribution in [1.82, 2.24) is 4.98 Å². The maximum Gasteiger partial charge on any atom is 0.305 e. The normalized spacial score (nSPS) is 11.7. The van der Waals surface area contributed by atoms with E-state index in [9.17, 15) is 14.0 Å². The topological polar surface area (TPSA) is 56.3 Å². The molecule has 1 aromatic heterocycles. The Balaban J connectivity index is 2.26. The van der Waals surface area contributed by atoms with Crippen molar-refractivity contribution in [2.75, 3.05) is 7.11 Å². The first-order valence-corrected chi connectivity index (χ1v) is 6.89. The van der Waals surface area contributed by atoms with Gasteiger partial charge in [-0.05, 0) is 36.2 Å². The Morgan fingerprint density at radius 2 is 1.91 bits per heavy atom. The average molecular weight is 301 g/mol. The van der Waals surface area contributed by atoms with Crippen LogP contribution in [0.5, 0.6) is 0 Å². The second-order valence-corrected chi connectivity index (χ2v) is 4.80. The Bertz CT molecular complexity index is 641. The molecule has 0 saturated heterocycles. The molecule has 0 saturated carbocycles. The zero-order valence-electron chi connectivity index (χ0n) is 12.2. The van der Waals surface area contributed by atoms with Gasteiger partial charge in [-0.15, -0.1) is 0 Å². The van der Waals surface area contributed by atoms with E-state index in [0.29, 0.717) is 11.3 Å². The lowest BCUT2D eigenvalue weighted by Crippen LogP contribution is -2.16. The summed E-state index contributed by atoms with van der Waals surface area (Å²) >= 11 is 0. The van der Waals surface area contributed by atoms with Gasteiger partial charge in [-0.1, -0.05) is 18.2 Å². The highest BCUT2D eigenvalue weighted by atomic mass is 19.1. The van der Waals surface area contributed by atoms with Crippen LogP contribution in [0.2, 0.25) is 0 Å². The van der Waals surface area contributed by atoms with Crippen LogP contribution in [0.1, 0.15) is 34.8 Å². The second kappa shape index (κ2) is 7.45. The minimum absolute atomic E-state index is 0.108. The predicted molar refractivity (Wildman–Crippen MR) is 79.0 cm³/mol. The highest BCUT2D eigenvalue weighted by Crippen LogP contribution is 2.25. The van der Waals surface area contributed by atoms with E-state index in [4.69, 9.17) is 0 Å². The zero-order valence-corrected chi connectivity index (χ0v) is 12.2. The van der Waals surface area contributed by atoms with E-state index in [2.05, 4.69) is 9.72 Å². The largest absolute Gasteiger partial charge is 0.469 e. The quantitative estimate of drug-likeness (QED) is 0.607. The van der Waals surface area contributed by atoms with Crippen molar-refractivity contribution < 1.29 is 18.7 Å². The molecular formula is C17H16FNO3. The number of Topliss-reactive ketones (excluding diaryl/α,β-unsaturated/α-hetero) is 1. The Morgan fingerprint density at radius 3 is 2.50 bits per heavy atom. The number of methoxy groups -OCH3 is 1. The van der Waals surface area contributed by atoms with Crippen LogP contribution in [0, 0.1) is 5.82 Å². The van der Waals surface area contributed by atoms with Gasteiger partial charge in [-0.25, -0.2) is 4.39 Å². The van der Waals surface area contributed by atoms with Gasteiger partial charge in [0, 0.05) is 18.5 Å². The minimum Gasteiger partial charge on any atom is -0.469 e. The number of pyridine rings is 1. The number of rotatable bonds is 6. The SMILES string of the molecule is COC(=O)CC[C@@H](C(=O)c1ccccn1)c1ccc(F)cc1. The third kappa shape index (κ3) is 3.97. The van der Waals surface area contributed by atoms with Crippen molar-refractivity contribution in [3.63, 3.8) is 0 Å². The lowest BCUT2D eigenvalue weighted by Gasteiger charge is -2.15. The maximum absolute atomic E-state index is 13.1. The molecule has 0 aliphatic rings. The van der Waals surface area contributed by atoms with Crippen LogP contribution in [0.3, 0.4) is 0 Å². The van der Waals surface area contributed by atoms with Crippen molar-refractivity contribution in [3.05, 3.63) is 65.7 Å². The third-order valence-corrected chi connectivity index (χ3v) is 3.37. The van der Waals surface area contributed by atoms with Gasteiger partial charge in [0.25, 0.3) is 0 Å². The van der Waals surface area contributed by atoms with Crippen LogP contribution < -0.4 is 0 Å². The number of ether oxygens (including phenoxy) is 1. The second-order valence-electron chi connectivity index (χ2n) is 4.80. The molecule has 0 N–H and O–H groups in total. The van der Waals surface area contributed by atoms with E-state index < -0.39 is 5.92 Å². The Labute approximate surface area is 127 Å². The molecule has 0 bridgehead atoms. The van der Waals surface area contributed by atoms with Gasteiger partial charge in [0.05, 0.1) is 7.11 Å². The molecule has 1 heterocycles. The minimum atomic E-state index is -0.561. The van der Waals surface area contributed by atoms with Crippen molar-refractivity contribution in [2.45, 2.75) is 18.8 Å². The fourth-order valence-electron chi connectivity index (χ4n) is 2.20. The number of hydrogen-bond donors (Lipinski definition) is 0. The molecule has 1 atom stereocenters. The molecule has 0 spiro atoms. The maximum atomic E-state index is 13.1. The van der Waals surface area contributed by atoms with Crippen LogP contribution >= 0.6 is 0 Å². The third-order valence-electron chi connectivity index (χ3n) is 3.37. The molecule has 2 aromatic rings. The summed E-state index contributed by atoms with van der Waals surface area (Å²) in [5.41, 5.74) is 0.975. The summed E-state index contributed by atoms with van der Waals surface area (Å²) in [6.07, 6.45) is 1.93. The summed E-state index contributed by atoms with van der Waals surface area (Å²) in [5.74, 6) is -1.52. The predicted octanol–water partition coefficient (Wildman–Crippen LogP) is 3.14. The number of hydrogen-bond acceptors (Lipinski definition) is 4. The molecule has 5 heteroatoms. The van der Waals surface area contributed by atoms with E-state index in [1.54, 1.807) is 30.3 Å². The summed E-state index contributed by atoms with van der Waals surface area (Å²) < 4.78 is 17.7. The van der Waals surface area contributed by atoms with Crippen molar-refractivity contribution >= 4 is 11.8 Å². The first-order chi connectivity index (χ1) is 10.6. The van der Waals surface area contributed by atoms with Crippen LogP contribution in [0.15, 0.2) is 48.7 Å². The lowest BCUT2D eigenvalue weighted by atomic mass is 9.88. The zero-order chi connectivity index (χ0) is 15.9. The Morgan fingerprint density at radius 1 is 1.18 bits per heavy atom. The van der Waals surface area contributed by atoms with Crippen molar-refractivity contribution in [2.24, 2.45) is 0 Å². The number of benzene rings is 1. The van der Waals surface area contributed by atoms with E-state index in [0.717, 1.165) is 0 Å². The molecule has 114 valence electrons. The first-order valence-electron chi connectivity index (χ1n) is 6.89. The molecule has 0 fully saturated rings. The van der Waals surface area contributed by atoms with Crippen molar-refractivity contribution in [1.29, 1.82) is 0 Å². The molecule has 0 unspecified atom stereocenters. The Hall–Kier alpha value is -2.56. The van der Waals surface area contributed by atoms with E-state index in [-0.39, 0.29) is 30.4 Å². The number of ketones is 1. The molecule has 0 aliphatic heterocycles. The standard InChI is InChI=1S/C17H16FNO3/c1-22-16(20)10-9-14(12-5-7-13(18)8-6-12)17(21)15-4-2-3-11-19-15/h2-8,11,14H,9-10H2,1H3/t14-/m1/s1. The molecule has 4 nitrogen and oxygen atoms in total. The fraction of sp³-hybridized carbons (Fsp3) is 0.235. The number of carbonyl (C=O) groups excluding carboxylic acids is 2. The van der Waals surface area contributed by atoms with Crippen LogP contribution in [0.25, 0.3) is 0 Å². The summed E-state index contributed by atoms with van der Waals surface area (Å²) in [6, 6.07) is 10.8. The summed E-state index contributed by atoms with van der Waals surface area (Å²) in [6.45, 7) is 0. The van der Waals surface area contributed by atoms with Gasteiger partial charge in [-0.3, -0.25) is 14.6 Å². The highest BCUT2D eigenvalue weighted by Gasteiger charge is 2.24. The van der Waals surface area contributed by atoms with E-state index in [1.165, 1.54) is 25.4 Å². The molecule has 22 heavy (non-hydrogen) atoms. The smallest absolute Gasteiger partial charge is 0.305 e. The fourth-order valence-corrected chi connectivity index (χ4v) is 2.20. The van der Waals surface area contributed by atoms with Gasteiger partial charge in [-0.2, -0.15) is 0 Å². The first kappa shape index (κ1) is 15.8. The number of halogens is 1. The Kier molecular flexibility index (Phi) is 5.36. The lowest BCUT2D eigenvalue weighted by molar-refractivity contribution is -0.140. The molecule has 0 aliphatic carbocycles. The summed E-state index contributed by atoms with van der Waals surface area (Å²) in [7, 11) is 1.30. The van der Waals surface area contributed by atoms with Gasteiger partial charge >= 0.3 is 5.97 Å². The molecule has 1 aromatic carbocycles. The summed E-state index contributed by atoms with van der Waals surface area (Å²) in [5, 5.41) is 0. The van der Waals surface area contributed by atoms with Gasteiger partial charge in [0.15, 0.2) is 5.78 Å². The number of carbonyl (C=O) groups is 2. The number of nitrogens with zero attached hydrogens (tertiary/aromatic N) is 1. The molecule has 0 amide bonds. The van der Waals surface area contributed by atoms with Crippen molar-refractivity contribution in [3.8, 4) is 0 Å². The number of esters is 1. The molecular weight excluding hydrogens is 285 g/mol. The van der Waals surface area contributed by atoms with Gasteiger partial charge in [0.2, 0.25) is 0 Å². The molecule has 0 radical (unpaired) electrons. The molecule has 2 rings (SSSR count). The van der Waals surface area contributed by atoms with Crippen LogP contribution in [-0.4, -0.2) is 23.8 Å². The summed E-state index contributed by atoms with van der Waals surface area (Å²) in [4.78, 5) is 28.0.